The van der Waals surface area contributed by atoms with Crippen LogP contribution in [0.5, 0.6) is 0 Å². The minimum Gasteiger partial charge on any atom is -0.352 e. The summed E-state index contributed by atoms with van der Waals surface area (Å²) in [6.07, 6.45) is 12.4. The standard InChI is InChI=1S/C24H32N4S/c1-16-15-20(17(2)27(16)18-9-3-4-10-18)23-22(21-13-7-8-14-25-21)26-24(29)28(23)19-11-5-6-12-19/h7-8,13-15,18-19,22-23H,3-6,9-12H2,1-2H3,(H,26,29)/t22-,23+/m1/s1. The lowest BCUT2D eigenvalue weighted by Crippen LogP contribution is -2.37. The molecule has 2 aliphatic carbocycles. The summed E-state index contributed by atoms with van der Waals surface area (Å²) < 4.78 is 2.62. The van der Waals surface area contributed by atoms with E-state index < -0.39 is 0 Å². The fraction of sp³-hybridized carbons (Fsp3) is 0.583. The molecular weight excluding hydrogens is 376 g/mol. The van der Waals surface area contributed by atoms with Gasteiger partial charge in [-0.2, -0.15) is 0 Å². The largest absolute Gasteiger partial charge is 0.352 e. The van der Waals surface area contributed by atoms with Gasteiger partial charge in [0.2, 0.25) is 0 Å². The van der Waals surface area contributed by atoms with Crippen LogP contribution in [-0.4, -0.2) is 25.6 Å². The van der Waals surface area contributed by atoms with Gasteiger partial charge in [-0.05, 0) is 75.5 Å². The van der Waals surface area contributed by atoms with E-state index in [4.69, 9.17) is 17.2 Å². The Morgan fingerprint density at radius 2 is 1.69 bits per heavy atom. The van der Waals surface area contributed by atoms with Gasteiger partial charge in [0, 0.05) is 29.7 Å². The van der Waals surface area contributed by atoms with E-state index in [0.29, 0.717) is 12.1 Å². The zero-order valence-corrected chi connectivity index (χ0v) is 18.4. The summed E-state index contributed by atoms with van der Waals surface area (Å²) in [6, 6.07) is 10.2. The first kappa shape index (κ1) is 19.1. The normalized spacial score (nSPS) is 25.9. The van der Waals surface area contributed by atoms with Gasteiger partial charge in [-0.3, -0.25) is 4.98 Å². The Hall–Kier alpha value is -1.88. The third-order valence-corrected chi connectivity index (χ3v) is 7.71. The van der Waals surface area contributed by atoms with Gasteiger partial charge in [0.1, 0.15) is 0 Å². The van der Waals surface area contributed by atoms with Crippen LogP contribution in [-0.2, 0) is 0 Å². The molecule has 2 aromatic rings. The number of thiocarbonyl (C=S) groups is 1. The number of nitrogens with one attached hydrogen (secondary N) is 1. The minimum atomic E-state index is 0.113. The Kier molecular flexibility index (Phi) is 5.10. The third-order valence-electron chi connectivity index (χ3n) is 7.39. The molecule has 1 N–H and O–H groups in total. The Balaban J connectivity index is 1.59. The molecule has 2 saturated carbocycles. The summed E-state index contributed by atoms with van der Waals surface area (Å²) in [5.74, 6) is 0. The van der Waals surface area contributed by atoms with Crippen molar-refractivity contribution in [2.24, 2.45) is 0 Å². The quantitative estimate of drug-likeness (QED) is 0.674. The molecule has 0 aromatic carbocycles. The average Bonchev–Trinajstić information content (AvgIpc) is 3.50. The lowest BCUT2D eigenvalue weighted by atomic mass is 9.95. The molecule has 154 valence electrons. The molecule has 0 radical (unpaired) electrons. The molecule has 0 bridgehead atoms. The van der Waals surface area contributed by atoms with E-state index >= 15 is 0 Å². The lowest BCUT2D eigenvalue weighted by Gasteiger charge is -2.33. The summed E-state index contributed by atoms with van der Waals surface area (Å²) in [4.78, 5) is 7.24. The van der Waals surface area contributed by atoms with Crippen molar-refractivity contribution >= 4 is 17.3 Å². The third kappa shape index (κ3) is 3.27. The fourth-order valence-corrected chi connectivity index (χ4v) is 6.49. The van der Waals surface area contributed by atoms with Gasteiger partial charge in [-0.15, -0.1) is 0 Å². The molecule has 5 rings (SSSR count). The van der Waals surface area contributed by atoms with E-state index in [-0.39, 0.29) is 12.1 Å². The Bertz CT molecular complexity index is 878. The van der Waals surface area contributed by atoms with Crippen molar-refractivity contribution in [1.29, 1.82) is 0 Å². The highest BCUT2D eigenvalue weighted by Gasteiger charge is 2.45. The molecule has 1 aliphatic heterocycles. The van der Waals surface area contributed by atoms with Gasteiger partial charge in [0.25, 0.3) is 0 Å². The van der Waals surface area contributed by atoms with E-state index in [1.165, 1.54) is 68.3 Å². The van der Waals surface area contributed by atoms with Crippen LogP contribution in [0.1, 0.15) is 92.1 Å². The van der Waals surface area contributed by atoms with E-state index in [0.717, 1.165) is 10.8 Å². The van der Waals surface area contributed by atoms with Crippen LogP contribution in [0, 0.1) is 13.8 Å². The van der Waals surface area contributed by atoms with Crippen molar-refractivity contribution in [2.45, 2.75) is 89.4 Å². The van der Waals surface area contributed by atoms with Gasteiger partial charge >= 0.3 is 0 Å². The van der Waals surface area contributed by atoms with E-state index in [1.54, 1.807) is 0 Å². The maximum Gasteiger partial charge on any atom is 0.170 e. The van der Waals surface area contributed by atoms with Crippen molar-refractivity contribution in [3.05, 3.63) is 53.1 Å². The first-order valence-corrected chi connectivity index (χ1v) is 11.7. The predicted molar refractivity (Wildman–Crippen MR) is 121 cm³/mol. The molecule has 1 saturated heterocycles. The molecule has 2 aromatic heterocycles. The number of hydrogen-bond acceptors (Lipinski definition) is 2. The highest BCUT2D eigenvalue weighted by atomic mass is 32.1. The molecule has 29 heavy (non-hydrogen) atoms. The molecule has 0 amide bonds. The summed E-state index contributed by atoms with van der Waals surface area (Å²) in [5, 5.41) is 4.56. The summed E-state index contributed by atoms with van der Waals surface area (Å²) in [5.41, 5.74) is 5.35. The highest BCUT2D eigenvalue weighted by Crippen LogP contribution is 2.45. The van der Waals surface area contributed by atoms with Crippen molar-refractivity contribution in [2.75, 3.05) is 0 Å². The zero-order valence-electron chi connectivity index (χ0n) is 17.6. The molecule has 0 spiro atoms. The number of rotatable bonds is 4. The predicted octanol–water partition coefficient (Wildman–Crippen LogP) is 5.53. The second-order valence-corrected chi connectivity index (χ2v) is 9.49. The Morgan fingerprint density at radius 3 is 2.34 bits per heavy atom. The van der Waals surface area contributed by atoms with Gasteiger partial charge < -0.3 is 14.8 Å². The monoisotopic (exact) mass is 408 g/mol. The molecule has 2 atom stereocenters. The minimum absolute atomic E-state index is 0.113. The lowest BCUT2D eigenvalue weighted by molar-refractivity contribution is 0.244. The smallest absolute Gasteiger partial charge is 0.170 e. The van der Waals surface area contributed by atoms with Crippen LogP contribution in [0.4, 0.5) is 0 Å². The van der Waals surface area contributed by atoms with Crippen molar-refractivity contribution in [3.8, 4) is 0 Å². The first-order chi connectivity index (χ1) is 14.1. The second-order valence-electron chi connectivity index (χ2n) is 9.11. The van der Waals surface area contributed by atoms with Crippen molar-refractivity contribution < 1.29 is 0 Å². The molecule has 3 aliphatic rings. The SMILES string of the molecule is Cc1cc([C@H]2[C@@H](c3ccccn3)NC(=S)N2C2CCCC2)c(C)n1C1CCCC1. The van der Waals surface area contributed by atoms with Gasteiger partial charge in [0.05, 0.1) is 17.8 Å². The summed E-state index contributed by atoms with van der Waals surface area (Å²) in [6.45, 7) is 4.61. The van der Waals surface area contributed by atoms with Crippen LogP contribution in [0.3, 0.4) is 0 Å². The molecule has 3 heterocycles. The first-order valence-electron chi connectivity index (χ1n) is 11.3. The second kappa shape index (κ2) is 7.75. The maximum absolute atomic E-state index is 5.90. The zero-order chi connectivity index (χ0) is 20.0. The molecule has 0 unspecified atom stereocenters. The summed E-state index contributed by atoms with van der Waals surface area (Å²) in [7, 11) is 0. The Morgan fingerprint density at radius 1 is 1.00 bits per heavy atom. The van der Waals surface area contributed by atoms with E-state index in [2.05, 4.69) is 46.8 Å². The van der Waals surface area contributed by atoms with Crippen molar-refractivity contribution in [3.63, 3.8) is 0 Å². The highest BCUT2D eigenvalue weighted by molar-refractivity contribution is 7.80. The van der Waals surface area contributed by atoms with Crippen LogP contribution in [0.25, 0.3) is 0 Å². The van der Waals surface area contributed by atoms with E-state index in [9.17, 15) is 0 Å². The number of aryl methyl sites for hydroxylation is 1. The maximum atomic E-state index is 5.90. The van der Waals surface area contributed by atoms with Gasteiger partial charge in [-0.1, -0.05) is 31.7 Å². The number of hydrogen-bond donors (Lipinski definition) is 1. The number of aromatic nitrogens is 2. The van der Waals surface area contributed by atoms with Crippen LogP contribution >= 0.6 is 12.2 Å². The average molecular weight is 409 g/mol. The Labute approximate surface area is 179 Å². The van der Waals surface area contributed by atoms with Gasteiger partial charge in [0.15, 0.2) is 5.11 Å². The molecule has 5 heteroatoms. The van der Waals surface area contributed by atoms with Crippen LogP contribution in [0.15, 0.2) is 30.5 Å². The van der Waals surface area contributed by atoms with Gasteiger partial charge in [-0.25, -0.2) is 0 Å². The number of pyridine rings is 1. The summed E-state index contributed by atoms with van der Waals surface area (Å²) >= 11 is 5.90. The molecule has 3 fully saturated rings. The van der Waals surface area contributed by atoms with E-state index in [1.807, 2.05) is 12.3 Å². The fourth-order valence-electron chi connectivity index (χ4n) is 6.10. The molecule has 4 nitrogen and oxygen atoms in total. The van der Waals surface area contributed by atoms with Crippen molar-refractivity contribution in [1.82, 2.24) is 19.8 Å². The van der Waals surface area contributed by atoms with Crippen LogP contribution in [0.2, 0.25) is 0 Å². The number of nitrogens with zero attached hydrogens (tertiary/aromatic N) is 3. The topological polar surface area (TPSA) is 33.1 Å². The van der Waals surface area contributed by atoms with Crippen LogP contribution < -0.4 is 5.32 Å². The molecular formula is C24H32N4S.